The van der Waals surface area contributed by atoms with Crippen LogP contribution in [-0.4, -0.2) is 40.3 Å². The first-order valence-corrected chi connectivity index (χ1v) is 11.0. The fourth-order valence-electron chi connectivity index (χ4n) is 4.13. The van der Waals surface area contributed by atoms with E-state index in [1.807, 2.05) is 6.07 Å². The van der Waals surface area contributed by atoms with Gasteiger partial charge < -0.3 is 15.5 Å². The highest BCUT2D eigenvalue weighted by molar-refractivity contribution is 6.06. The Bertz CT molecular complexity index is 1260. The maximum absolute atomic E-state index is 13.1. The predicted octanol–water partition coefficient (Wildman–Crippen LogP) is 3.22. The molecule has 0 radical (unpaired) electrons. The van der Waals surface area contributed by atoms with Gasteiger partial charge >= 0.3 is 0 Å². The molecule has 2 heterocycles. The molecule has 1 aliphatic rings. The van der Waals surface area contributed by atoms with E-state index >= 15 is 0 Å². The summed E-state index contributed by atoms with van der Waals surface area (Å²) >= 11 is 0. The Kier molecular flexibility index (Phi) is 6.53. The van der Waals surface area contributed by atoms with E-state index < -0.39 is 5.56 Å². The lowest BCUT2D eigenvalue weighted by Gasteiger charge is -2.27. The van der Waals surface area contributed by atoms with Crippen molar-refractivity contribution in [1.82, 2.24) is 9.47 Å². The van der Waals surface area contributed by atoms with E-state index in [2.05, 4.69) is 10.6 Å². The summed E-state index contributed by atoms with van der Waals surface area (Å²) in [6.45, 7) is 2.62. The van der Waals surface area contributed by atoms with Gasteiger partial charge in [-0.2, -0.15) is 0 Å². The molecule has 33 heavy (non-hydrogen) atoms. The van der Waals surface area contributed by atoms with Crippen molar-refractivity contribution in [2.45, 2.75) is 32.7 Å². The van der Waals surface area contributed by atoms with Crippen LogP contribution in [0.4, 0.5) is 11.4 Å². The average Bonchev–Trinajstić information content (AvgIpc) is 2.82. The maximum atomic E-state index is 13.1. The largest absolute Gasteiger partial charge is 0.339 e. The van der Waals surface area contributed by atoms with Gasteiger partial charge in [-0.1, -0.05) is 18.2 Å². The van der Waals surface area contributed by atoms with Gasteiger partial charge in [0.15, 0.2) is 0 Å². The van der Waals surface area contributed by atoms with Crippen molar-refractivity contribution in [2.24, 2.45) is 0 Å². The van der Waals surface area contributed by atoms with E-state index in [0.717, 1.165) is 19.3 Å². The number of amides is 3. The van der Waals surface area contributed by atoms with Crippen LogP contribution >= 0.6 is 0 Å². The van der Waals surface area contributed by atoms with Crippen LogP contribution in [0.3, 0.4) is 0 Å². The van der Waals surface area contributed by atoms with E-state index in [1.54, 1.807) is 47.4 Å². The summed E-state index contributed by atoms with van der Waals surface area (Å²) in [4.78, 5) is 51.7. The van der Waals surface area contributed by atoms with Crippen molar-refractivity contribution in [3.8, 4) is 0 Å². The highest BCUT2D eigenvalue weighted by Gasteiger charge is 2.22. The number of rotatable bonds is 5. The van der Waals surface area contributed by atoms with Gasteiger partial charge in [0.1, 0.15) is 6.54 Å². The lowest BCUT2D eigenvalue weighted by atomic mass is 10.0. The molecule has 1 aliphatic heterocycles. The number of nitrogens with one attached hydrogen (secondary N) is 2. The van der Waals surface area contributed by atoms with Crippen molar-refractivity contribution in [1.29, 1.82) is 0 Å². The molecule has 0 aliphatic carbocycles. The maximum Gasteiger partial charge on any atom is 0.254 e. The summed E-state index contributed by atoms with van der Waals surface area (Å²) in [5, 5.41) is 6.08. The number of para-hydroxylation sites is 1. The molecule has 0 saturated carbocycles. The van der Waals surface area contributed by atoms with E-state index in [4.69, 9.17) is 0 Å². The Labute approximate surface area is 191 Å². The first-order valence-electron chi connectivity index (χ1n) is 11.0. The minimum absolute atomic E-state index is 0.140. The zero-order valence-electron chi connectivity index (χ0n) is 18.5. The Balaban J connectivity index is 1.57. The van der Waals surface area contributed by atoms with Crippen LogP contribution < -0.4 is 16.2 Å². The molecule has 1 saturated heterocycles. The molecule has 8 heteroatoms. The van der Waals surface area contributed by atoms with Crippen molar-refractivity contribution in [3.63, 3.8) is 0 Å². The minimum atomic E-state index is -0.398. The molecule has 8 nitrogen and oxygen atoms in total. The van der Waals surface area contributed by atoms with E-state index in [0.29, 0.717) is 40.9 Å². The highest BCUT2D eigenvalue weighted by Crippen LogP contribution is 2.21. The standard InChI is InChI=1S/C25H26N4O4/c1-17(30)26-18-9-11-19(12-10-18)27-23(31)16-29-22-8-4-3-7-20(22)21(15-24(29)32)25(33)28-13-5-2-6-14-28/h3-4,7-12,15H,2,5-6,13-14,16H2,1H3,(H,26,30)(H,27,31). The van der Waals surface area contributed by atoms with E-state index in [-0.39, 0.29) is 24.3 Å². The Morgan fingerprint density at radius 2 is 1.52 bits per heavy atom. The van der Waals surface area contributed by atoms with Crippen LogP contribution in [-0.2, 0) is 16.1 Å². The molecule has 2 N–H and O–H groups in total. The van der Waals surface area contributed by atoms with Crippen molar-refractivity contribution < 1.29 is 14.4 Å². The summed E-state index contributed by atoms with van der Waals surface area (Å²) in [5.74, 6) is -0.691. The number of anilines is 2. The van der Waals surface area contributed by atoms with Gasteiger partial charge in [-0.15, -0.1) is 0 Å². The number of likely N-dealkylation sites (tertiary alicyclic amines) is 1. The molecule has 1 aromatic heterocycles. The fourth-order valence-corrected chi connectivity index (χ4v) is 4.13. The average molecular weight is 447 g/mol. The van der Waals surface area contributed by atoms with Gasteiger partial charge in [0.2, 0.25) is 11.8 Å². The second-order valence-electron chi connectivity index (χ2n) is 8.16. The lowest BCUT2D eigenvalue weighted by molar-refractivity contribution is -0.117. The summed E-state index contributed by atoms with van der Waals surface area (Å²) < 4.78 is 1.38. The number of carbonyl (C=O) groups excluding carboxylic acids is 3. The van der Waals surface area contributed by atoms with Crippen molar-refractivity contribution in [3.05, 3.63) is 70.5 Å². The number of nitrogens with zero attached hydrogens (tertiary/aromatic N) is 2. The predicted molar refractivity (Wildman–Crippen MR) is 127 cm³/mol. The number of piperidine rings is 1. The molecule has 3 amide bonds. The molecule has 170 valence electrons. The Morgan fingerprint density at radius 1 is 0.879 bits per heavy atom. The first-order chi connectivity index (χ1) is 15.9. The second kappa shape index (κ2) is 9.68. The molecule has 3 aromatic rings. The third-order valence-electron chi connectivity index (χ3n) is 5.68. The number of hydrogen-bond donors (Lipinski definition) is 2. The Hall–Kier alpha value is -3.94. The van der Waals surface area contributed by atoms with Gasteiger partial charge in [0.05, 0.1) is 11.1 Å². The molecule has 0 spiro atoms. The molecule has 1 fully saturated rings. The minimum Gasteiger partial charge on any atom is -0.339 e. The highest BCUT2D eigenvalue weighted by atomic mass is 16.2. The number of pyridine rings is 1. The Morgan fingerprint density at radius 3 is 2.18 bits per heavy atom. The van der Waals surface area contributed by atoms with Gasteiger partial charge in [0.25, 0.3) is 11.5 Å². The van der Waals surface area contributed by atoms with E-state index in [9.17, 15) is 19.2 Å². The zero-order chi connectivity index (χ0) is 23.4. The fraction of sp³-hybridized carbons (Fsp3) is 0.280. The number of carbonyl (C=O) groups is 3. The zero-order valence-corrected chi connectivity index (χ0v) is 18.5. The smallest absolute Gasteiger partial charge is 0.254 e. The molecular formula is C25H26N4O4. The quantitative estimate of drug-likeness (QED) is 0.628. The molecular weight excluding hydrogens is 420 g/mol. The van der Waals surface area contributed by atoms with Crippen LogP contribution in [0.15, 0.2) is 59.4 Å². The first kappa shape index (κ1) is 22.3. The van der Waals surface area contributed by atoms with Gasteiger partial charge in [-0.05, 0) is 49.6 Å². The normalized spacial score (nSPS) is 13.5. The summed E-state index contributed by atoms with van der Waals surface area (Å²) in [7, 11) is 0. The number of benzene rings is 2. The summed E-state index contributed by atoms with van der Waals surface area (Å²) in [6.07, 6.45) is 3.04. The topological polar surface area (TPSA) is 101 Å². The summed E-state index contributed by atoms with van der Waals surface area (Å²) in [5.41, 5.74) is 1.69. The lowest BCUT2D eigenvalue weighted by Crippen LogP contribution is -2.37. The van der Waals surface area contributed by atoms with Gasteiger partial charge in [-0.3, -0.25) is 23.7 Å². The number of aromatic nitrogens is 1. The third-order valence-corrected chi connectivity index (χ3v) is 5.68. The summed E-state index contributed by atoms with van der Waals surface area (Å²) in [6, 6.07) is 15.2. The third kappa shape index (κ3) is 5.11. The molecule has 0 unspecified atom stereocenters. The molecule has 2 aromatic carbocycles. The van der Waals surface area contributed by atoms with Crippen LogP contribution in [0, 0.1) is 0 Å². The van der Waals surface area contributed by atoms with E-state index in [1.165, 1.54) is 17.6 Å². The number of fused-ring (bicyclic) bond motifs is 1. The molecule has 4 rings (SSSR count). The monoisotopic (exact) mass is 446 g/mol. The van der Waals surface area contributed by atoms with Crippen molar-refractivity contribution >= 4 is 40.0 Å². The molecule has 0 atom stereocenters. The molecule has 0 bridgehead atoms. The SMILES string of the molecule is CC(=O)Nc1ccc(NC(=O)Cn2c(=O)cc(C(=O)N3CCCCC3)c3ccccc32)cc1. The van der Waals surface area contributed by atoms with Gasteiger partial charge in [-0.25, -0.2) is 0 Å². The second-order valence-corrected chi connectivity index (χ2v) is 8.16. The van der Waals surface area contributed by atoms with Crippen LogP contribution in [0.25, 0.3) is 10.9 Å². The van der Waals surface area contributed by atoms with Crippen LogP contribution in [0.5, 0.6) is 0 Å². The van der Waals surface area contributed by atoms with Crippen molar-refractivity contribution in [2.75, 3.05) is 23.7 Å². The number of hydrogen-bond acceptors (Lipinski definition) is 4. The van der Waals surface area contributed by atoms with Gasteiger partial charge in [0, 0.05) is 42.8 Å². The van der Waals surface area contributed by atoms with Crippen LogP contribution in [0.2, 0.25) is 0 Å². The van der Waals surface area contributed by atoms with Crippen LogP contribution in [0.1, 0.15) is 36.5 Å².